The Bertz CT molecular complexity index is 569. The van der Waals surface area contributed by atoms with Crippen molar-refractivity contribution in [3.05, 3.63) is 34.3 Å². The summed E-state index contributed by atoms with van der Waals surface area (Å²) < 4.78 is 2.97. The second kappa shape index (κ2) is 6.69. The number of hydrogen-bond donors (Lipinski definition) is 1. The normalized spacial score (nSPS) is 14.7. The molecule has 1 N–H and O–H groups in total. The molecule has 0 unspecified atom stereocenters. The van der Waals surface area contributed by atoms with Crippen LogP contribution in [0.15, 0.2) is 33.9 Å². The van der Waals surface area contributed by atoms with Gasteiger partial charge in [0.05, 0.1) is 6.54 Å². The largest absolute Gasteiger partial charge is 0.312 e. The van der Waals surface area contributed by atoms with Crippen molar-refractivity contribution < 1.29 is 0 Å². The van der Waals surface area contributed by atoms with Crippen LogP contribution in [0.5, 0.6) is 0 Å². The maximum atomic E-state index is 4.09. The molecule has 1 saturated carbocycles. The van der Waals surface area contributed by atoms with Crippen molar-refractivity contribution in [3.63, 3.8) is 0 Å². The second-order valence-corrected chi connectivity index (χ2v) is 6.69. The van der Waals surface area contributed by atoms with Gasteiger partial charge in [0.15, 0.2) is 0 Å². The number of benzene rings is 1. The Morgan fingerprint density at radius 1 is 1.40 bits per heavy atom. The molecule has 20 heavy (non-hydrogen) atoms. The molecule has 0 spiro atoms. The van der Waals surface area contributed by atoms with Crippen LogP contribution in [0.1, 0.15) is 18.4 Å². The molecular formula is C13H16BrN5S. The van der Waals surface area contributed by atoms with E-state index in [9.17, 15) is 0 Å². The predicted molar refractivity (Wildman–Crippen MR) is 82.5 cm³/mol. The highest BCUT2D eigenvalue weighted by molar-refractivity contribution is 9.10. The van der Waals surface area contributed by atoms with Gasteiger partial charge in [-0.2, -0.15) is 0 Å². The third kappa shape index (κ3) is 4.04. The van der Waals surface area contributed by atoms with E-state index in [-0.39, 0.29) is 0 Å². The Morgan fingerprint density at radius 3 is 3.10 bits per heavy atom. The Labute approximate surface area is 130 Å². The molecule has 5 nitrogen and oxygen atoms in total. The first-order valence-electron chi connectivity index (χ1n) is 6.68. The summed E-state index contributed by atoms with van der Waals surface area (Å²) in [5.74, 6) is 0.871. The maximum Gasteiger partial charge on any atom is 0.209 e. The highest BCUT2D eigenvalue weighted by Crippen LogP contribution is 2.22. The fourth-order valence-electron chi connectivity index (χ4n) is 1.88. The highest BCUT2D eigenvalue weighted by atomic mass is 79.9. The van der Waals surface area contributed by atoms with Crippen LogP contribution in [0.2, 0.25) is 0 Å². The lowest BCUT2D eigenvalue weighted by Gasteiger charge is -2.05. The molecule has 1 fully saturated rings. The summed E-state index contributed by atoms with van der Waals surface area (Å²) in [5, 5.41) is 16.3. The van der Waals surface area contributed by atoms with E-state index in [4.69, 9.17) is 0 Å². The zero-order chi connectivity index (χ0) is 13.8. The third-order valence-electron chi connectivity index (χ3n) is 3.09. The minimum absolute atomic E-state index is 0.726. The molecule has 0 radical (unpaired) electrons. The number of halogens is 1. The Kier molecular flexibility index (Phi) is 4.69. The molecule has 1 heterocycles. The summed E-state index contributed by atoms with van der Waals surface area (Å²) in [5.41, 5.74) is 1.26. The first kappa shape index (κ1) is 14.0. The Hall–Kier alpha value is -0.920. The van der Waals surface area contributed by atoms with Crippen molar-refractivity contribution >= 4 is 27.7 Å². The summed E-state index contributed by atoms with van der Waals surface area (Å²) in [6, 6.07) is 9.03. The van der Waals surface area contributed by atoms with Gasteiger partial charge in [-0.05, 0) is 41.0 Å². The van der Waals surface area contributed by atoms with Gasteiger partial charge in [0.2, 0.25) is 5.16 Å². The second-order valence-electron chi connectivity index (χ2n) is 4.83. The van der Waals surface area contributed by atoms with E-state index in [0.29, 0.717) is 0 Å². The summed E-state index contributed by atoms with van der Waals surface area (Å²) in [7, 11) is 0. The van der Waals surface area contributed by atoms with E-state index in [1.54, 1.807) is 11.8 Å². The van der Waals surface area contributed by atoms with Gasteiger partial charge >= 0.3 is 0 Å². The first-order valence-corrected chi connectivity index (χ1v) is 8.46. The lowest BCUT2D eigenvalue weighted by molar-refractivity contribution is 0.509. The standard InChI is InChI=1S/C13H16BrN5S/c14-11-3-1-2-10(8-11)9-20-13-16-17-18-19(13)7-6-15-12-4-5-12/h1-3,8,12,15H,4-7,9H2. The van der Waals surface area contributed by atoms with E-state index >= 15 is 0 Å². The monoisotopic (exact) mass is 353 g/mol. The van der Waals surface area contributed by atoms with Crippen LogP contribution in [0.4, 0.5) is 0 Å². The number of aromatic nitrogens is 4. The average Bonchev–Trinajstić information content (AvgIpc) is 3.15. The number of nitrogens with zero attached hydrogens (tertiary/aromatic N) is 4. The van der Waals surface area contributed by atoms with E-state index < -0.39 is 0 Å². The molecule has 0 atom stereocenters. The fraction of sp³-hybridized carbons (Fsp3) is 0.462. The summed E-state index contributed by atoms with van der Waals surface area (Å²) >= 11 is 5.15. The van der Waals surface area contributed by atoms with Crippen LogP contribution >= 0.6 is 27.7 Å². The molecule has 0 amide bonds. The first-order chi connectivity index (χ1) is 9.81. The van der Waals surface area contributed by atoms with Gasteiger partial charge in [0.25, 0.3) is 0 Å². The molecule has 2 aromatic rings. The maximum absolute atomic E-state index is 4.09. The van der Waals surface area contributed by atoms with Crippen LogP contribution in [-0.2, 0) is 12.3 Å². The van der Waals surface area contributed by atoms with E-state index in [1.807, 2.05) is 16.8 Å². The summed E-state index contributed by atoms with van der Waals surface area (Å²) in [6.45, 7) is 1.75. The van der Waals surface area contributed by atoms with Crippen molar-refractivity contribution in [3.8, 4) is 0 Å². The van der Waals surface area contributed by atoms with Gasteiger partial charge in [-0.25, -0.2) is 4.68 Å². The molecule has 0 bridgehead atoms. The van der Waals surface area contributed by atoms with Crippen molar-refractivity contribution in [2.24, 2.45) is 0 Å². The van der Waals surface area contributed by atoms with Crippen LogP contribution in [-0.4, -0.2) is 32.8 Å². The van der Waals surface area contributed by atoms with Gasteiger partial charge in [0, 0.05) is 22.8 Å². The highest BCUT2D eigenvalue weighted by Gasteiger charge is 2.20. The summed E-state index contributed by atoms with van der Waals surface area (Å²) in [4.78, 5) is 0. The van der Waals surface area contributed by atoms with Gasteiger partial charge < -0.3 is 5.32 Å². The molecule has 0 saturated heterocycles. The molecule has 3 rings (SSSR count). The van der Waals surface area contributed by atoms with Crippen molar-refractivity contribution in [1.29, 1.82) is 0 Å². The number of tetrazole rings is 1. The van der Waals surface area contributed by atoms with E-state index in [0.717, 1.165) is 34.5 Å². The zero-order valence-electron chi connectivity index (χ0n) is 11.0. The molecular weight excluding hydrogens is 338 g/mol. The lowest BCUT2D eigenvalue weighted by Crippen LogP contribution is -2.22. The minimum Gasteiger partial charge on any atom is -0.312 e. The lowest BCUT2D eigenvalue weighted by atomic mass is 10.2. The molecule has 1 aliphatic carbocycles. The number of hydrogen-bond acceptors (Lipinski definition) is 5. The van der Waals surface area contributed by atoms with Crippen LogP contribution < -0.4 is 5.32 Å². The number of nitrogens with one attached hydrogen (secondary N) is 1. The van der Waals surface area contributed by atoms with Gasteiger partial charge in [-0.3, -0.25) is 0 Å². The number of thioether (sulfide) groups is 1. The predicted octanol–water partition coefficient (Wildman–Crippen LogP) is 2.48. The Balaban J connectivity index is 1.52. The van der Waals surface area contributed by atoms with E-state index in [2.05, 4.69) is 48.9 Å². The topological polar surface area (TPSA) is 55.6 Å². The van der Waals surface area contributed by atoms with Gasteiger partial charge in [-0.1, -0.05) is 39.8 Å². The van der Waals surface area contributed by atoms with Crippen LogP contribution in [0, 0.1) is 0 Å². The summed E-state index contributed by atoms with van der Waals surface area (Å²) in [6.07, 6.45) is 2.61. The Morgan fingerprint density at radius 2 is 2.30 bits per heavy atom. The fourth-order valence-corrected chi connectivity index (χ4v) is 3.17. The smallest absolute Gasteiger partial charge is 0.209 e. The molecule has 0 aliphatic heterocycles. The molecule has 1 aromatic heterocycles. The van der Waals surface area contributed by atoms with Crippen LogP contribution in [0.25, 0.3) is 0 Å². The van der Waals surface area contributed by atoms with Gasteiger partial charge in [-0.15, -0.1) is 5.10 Å². The van der Waals surface area contributed by atoms with Crippen LogP contribution in [0.3, 0.4) is 0 Å². The molecule has 106 valence electrons. The SMILES string of the molecule is Brc1cccc(CSc2nnnn2CCNC2CC2)c1. The average molecular weight is 354 g/mol. The van der Waals surface area contributed by atoms with E-state index in [1.165, 1.54) is 18.4 Å². The molecule has 1 aromatic carbocycles. The molecule has 1 aliphatic rings. The van der Waals surface area contributed by atoms with Crippen molar-refractivity contribution in [1.82, 2.24) is 25.5 Å². The zero-order valence-corrected chi connectivity index (χ0v) is 13.4. The minimum atomic E-state index is 0.726. The van der Waals surface area contributed by atoms with Gasteiger partial charge in [0.1, 0.15) is 0 Å². The third-order valence-corrected chi connectivity index (χ3v) is 4.61. The molecule has 7 heteroatoms. The van der Waals surface area contributed by atoms with Crippen molar-refractivity contribution in [2.45, 2.75) is 36.3 Å². The number of rotatable bonds is 7. The van der Waals surface area contributed by atoms with Crippen molar-refractivity contribution in [2.75, 3.05) is 6.54 Å². The quantitative estimate of drug-likeness (QED) is 0.775.